The molecule has 2 aromatic rings. The van der Waals surface area contributed by atoms with Gasteiger partial charge in [-0.2, -0.15) is 5.10 Å². The Morgan fingerprint density at radius 1 is 1.09 bits per heavy atom. The number of hydrogen-bond donors (Lipinski definition) is 1. The average Bonchev–Trinajstić information content (AvgIpc) is 3.31. The lowest BCUT2D eigenvalue weighted by atomic mass is 9.55. The summed E-state index contributed by atoms with van der Waals surface area (Å²) in [4.78, 5) is 17.9. The molecule has 0 amide bonds. The maximum Gasteiger partial charge on any atom is 0.157 e. The van der Waals surface area contributed by atoms with Crippen molar-refractivity contribution in [3.63, 3.8) is 0 Å². The van der Waals surface area contributed by atoms with Gasteiger partial charge in [-0.25, -0.2) is 0 Å². The fraction of sp³-hybridized carbons (Fsp3) is 0.741. The topological polar surface area (TPSA) is 68.0 Å². The molecule has 180 valence electrons. The normalized spacial score (nSPS) is 37.5. The van der Waals surface area contributed by atoms with Crippen LogP contribution in [0.1, 0.15) is 84.5 Å². The van der Waals surface area contributed by atoms with E-state index in [1.165, 1.54) is 32.1 Å². The predicted octanol–water partition coefficient (Wildman–Crippen LogP) is 6.21. The van der Waals surface area contributed by atoms with Crippen molar-refractivity contribution in [3.8, 4) is 0 Å². The molecule has 6 unspecified atom stereocenters. The Labute approximate surface area is 202 Å². The third-order valence-electron chi connectivity index (χ3n) is 9.46. The molecule has 2 heterocycles. The molecular weight excluding hydrogens is 434 g/mol. The minimum atomic E-state index is -0.487. The summed E-state index contributed by atoms with van der Waals surface area (Å²) < 4.78 is 1.76. The van der Waals surface area contributed by atoms with Gasteiger partial charge in [0.15, 0.2) is 5.78 Å². The minimum Gasteiger partial charge on any atom is -0.390 e. The van der Waals surface area contributed by atoms with Gasteiger partial charge in [0.2, 0.25) is 0 Å². The Morgan fingerprint density at radius 2 is 1.91 bits per heavy atom. The second kappa shape index (κ2) is 8.96. The van der Waals surface area contributed by atoms with E-state index < -0.39 is 5.60 Å². The molecule has 3 fully saturated rings. The molecule has 3 saturated carbocycles. The van der Waals surface area contributed by atoms with Gasteiger partial charge in [-0.3, -0.25) is 14.5 Å². The average molecular weight is 472 g/mol. The van der Waals surface area contributed by atoms with Crippen molar-refractivity contribution in [2.45, 2.75) is 96.6 Å². The van der Waals surface area contributed by atoms with Gasteiger partial charge in [0, 0.05) is 12.1 Å². The number of fused-ring (bicyclic) bond motifs is 4. The van der Waals surface area contributed by atoms with Crippen molar-refractivity contribution in [2.75, 3.05) is 0 Å². The molecule has 3 aliphatic carbocycles. The van der Waals surface area contributed by atoms with Crippen molar-refractivity contribution in [2.24, 2.45) is 29.1 Å². The van der Waals surface area contributed by atoms with Crippen LogP contribution in [0.25, 0.3) is 11.0 Å². The van der Waals surface area contributed by atoms with Crippen LogP contribution in [0.2, 0.25) is 5.02 Å². The lowest BCUT2D eigenvalue weighted by Crippen LogP contribution is -2.44. The Balaban J connectivity index is 1.30. The minimum absolute atomic E-state index is 0.113. The van der Waals surface area contributed by atoms with E-state index in [1.54, 1.807) is 16.9 Å². The highest BCUT2D eigenvalue weighted by molar-refractivity contribution is 6.31. The van der Waals surface area contributed by atoms with Gasteiger partial charge in [-0.1, -0.05) is 44.2 Å². The maximum atomic E-state index is 13.5. The monoisotopic (exact) mass is 471 g/mol. The first-order chi connectivity index (χ1) is 15.7. The zero-order valence-corrected chi connectivity index (χ0v) is 20.9. The third-order valence-corrected chi connectivity index (χ3v) is 9.66. The third kappa shape index (κ3) is 4.60. The summed E-state index contributed by atoms with van der Waals surface area (Å²) >= 11 is 6.05. The van der Waals surface area contributed by atoms with Gasteiger partial charge in [-0.05, 0) is 81.1 Å². The van der Waals surface area contributed by atoms with Gasteiger partial charge in [0.1, 0.15) is 11.0 Å². The van der Waals surface area contributed by atoms with Crippen molar-refractivity contribution >= 4 is 28.4 Å². The fourth-order valence-electron chi connectivity index (χ4n) is 7.72. The number of hydrogen-bond acceptors (Lipinski definition) is 4. The van der Waals surface area contributed by atoms with Crippen LogP contribution >= 0.6 is 11.6 Å². The SMILES string of the molecule is CC1(O)CCCCC2C(CCC1)CCC1(C)C(C(=O)Cn3cc4ncc(Cl)cc4n3)CCC21. The quantitative estimate of drug-likeness (QED) is 0.577. The molecule has 6 atom stereocenters. The largest absolute Gasteiger partial charge is 0.390 e. The first-order valence-electron chi connectivity index (χ1n) is 13.0. The summed E-state index contributed by atoms with van der Waals surface area (Å²) in [5.74, 6) is 2.61. The highest BCUT2D eigenvalue weighted by Gasteiger charge is 2.55. The fourth-order valence-corrected chi connectivity index (χ4v) is 7.88. The van der Waals surface area contributed by atoms with Crippen LogP contribution in [-0.2, 0) is 11.3 Å². The van der Waals surface area contributed by atoms with Gasteiger partial charge in [0.05, 0.1) is 23.4 Å². The molecule has 2 aromatic heterocycles. The molecule has 0 radical (unpaired) electrons. The molecular formula is C27H38ClN3O2. The molecule has 0 spiro atoms. The molecule has 0 bridgehead atoms. The van der Waals surface area contributed by atoms with Crippen molar-refractivity contribution in [1.82, 2.24) is 14.8 Å². The number of Topliss-reactive ketones (excluding diaryl/α,β-unsaturated/α-hetero) is 1. The Morgan fingerprint density at radius 3 is 2.76 bits per heavy atom. The number of nitrogens with zero attached hydrogens (tertiary/aromatic N) is 3. The van der Waals surface area contributed by atoms with Gasteiger partial charge < -0.3 is 5.11 Å². The van der Waals surface area contributed by atoms with Crippen molar-refractivity contribution < 1.29 is 9.90 Å². The summed E-state index contributed by atoms with van der Waals surface area (Å²) in [6.45, 7) is 4.75. The van der Waals surface area contributed by atoms with Crippen LogP contribution in [0.3, 0.4) is 0 Å². The number of pyridine rings is 1. The van der Waals surface area contributed by atoms with E-state index in [9.17, 15) is 9.90 Å². The molecule has 5 nitrogen and oxygen atoms in total. The lowest BCUT2D eigenvalue weighted by molar-refractivity contribution is -0.129. The number of carbonyl (C=O) groups excluding carboxylic acids is 1. The predicted molar refractivity (Wildman–Crippen MR) is 131 cm³/mol. The molecule has 0 aromatic carbocycles. The zero-order valence-electron chi connectivity index (χ0n) is 20.1. The van der Waals surface area contributed by atoms with E-state index in [1.807, 2.05) is 13.1 Å². The first-order valence-corrected chi connectivity index (χ1v) is 13.4. The summed E-state index contributed by atoms with van der Waals surface area (Å²) in [5, 5.41) is 15.7. The summed E-state index contributed by atoms with van der Waals surface area (Å²) in [6.07, 6.45) is 15.9. The highest BCUT2D eigenvalue weighted by Crippen LogP contribution is 2.61. The molecule has 0 saturated heterocycles. The molecule has 3 aliphatic rings. The molecule has 0 aliphatic heterocycles. The lowest BCUT2D eigenvalue weighted by Gasteiger charge is -2.49. The summed E-state index contributed by atoms with van der Waals surface area (Å²) in [5.41, 5.74) is 1.15. The van der Waals surface area contributed by atoms with Crippen molar-refractivity contribution in [1.29, 1.82) is 0 Å². The number of carbonyl (C=O) groups is 1. The maximum absolute atomic E-state index is 13.5. The Hall–Kier alpha value is -1.46. The molecule has 1 N–H and O–H groups in total. The van der Waals surface area contributed by atoms with Gasteiger partial charge in [-0.15, -0.1) is 0 Å². The summed E-state index contributed by atoms with van der Waals surface area (Å²) in [6, 6.07) is 1.80. The van der Waals surface area contributed by atoms with Crippen LogP contribution in [0.15, 0.2) is 18.5 Å². The standard InChI is InChI=1S/C27H38ClN3O2/c1-26(33)11-4-3-7-20-18(6-5-12-26)10-13-27(2)21(20)8-9-22(27)25(32)17-31-16-24-23(30-31)14-19(28)15-29-24/h14-16,18,20-22,33H,3-13,17H2,1-2H3. The van der Waals surface area contributed by atoms with E-state index >= 15 is 0 Å². The highest BCUT2D eigenvalue weighted by atomic mass is 35.5. The van der Waals surface area contributed by atoms with Crippen LogP contribution in [0.5, 0.6) is 0 Å². The van der Waals surface area contributed by atoms with Gasteiger partial charge >= 0.3 is 0 Å². The van der Waals surface area contributed by atoms with Crippen LogP contribution in [0, 0.1) is 29.1 Å². The number of aromatic nitrogens is 3. The van der Waals surface area contributed by atoms with Gasteiger partial charge in [0.25, 0.3) is 0 Å². The zero-order chi connectivity index (χ0) is 23.2. The second-order valence-electron chi connectivity index (χ2n) is 11.7. The number of aliphatic hydroxyl groups is 1. The van der Waals surface area contributed by atoms with Crippen molar-refractivity contribution in [3.05, 3.63) is 23.5 Å². The molecule has 6 heteroatoms. The summed E-state index contributed by atoms with van der Waals surface area (Å²) in [7, 11) is 0. The van der Waals surface area contributed by atoms with Crippen LogP contribution in [0.4, 0.5) is 0 Å². The Bertz CT molecular complexity index is 1020. The number of ketones is 1. The Kier molecular flexibility index (Phi) is 6.32. The van der Waals surface area contributed by atoms with E-state index in [-0.39, 0.29) is 11.3 Å². The van der Waals surface area contributed by atoms with E-state index in [0.717, 1.165) is 61.4 Å². The first kappa shape index (κ1) is 23.3. The van der Waals surface area contributed by atoms with E-state index in [2.05, 4.69) is 17.0 Å². The second-order valence-corrected chi connectivity index (χ2v) is 12.1. The smallest absolute Gasteiger partial charge is 0.157 e. The number of halogens is 1. The molecule has 33 heavy (non-hydrogen) atoms. The van der Waals surface area contributed by atoms with Crippen LogP contribution in [-0.4, -0.2) is 31.3 Å². The van der Waals surface area contributed by atoms with E-state index in [4.69, 9.17) is 11.6 Å². The van der Waals surface area contributed by atoms with Crippen LogP contribution < -0.4 is 0 Å². The molecule has 5 rings (SSSR count). The van der Waals surface area contributed by atoms with E-state index in [0.29, 0.717) is 23.3 Å². The number of rotatable bonds is 3.